The Morgan fingerprint density at radius 1 is 1.28 bits per heavy atom. The summed E-state index contributed by atoms with van der Waals surface area (Å²) in [5.74, 6) is -1.01. The normalized spacial score (nSPS) is 11.9. The first-order valence-corrected chi connectivity index (χ1v) is 6.18. The maximum Gasteiger partial charge on any atom is 0.335 e. The summed E-state index contributed by atoms with van der Waals surface area (Å²) in [4.78, 5) is 22.5. The first-order valence-electron chi connectivity index (χ1n) is 6.18. The van der Waals surface area contributed by atoms with Crippen molar-refractivity contribution < 1.29 is 14.7 Å². The maximum absolute atomic E-state index is 11.8. The van der Waals surface area contributed by atoms with E-state index in [4.69, 9.17) is 5.11 Å². The number of hydrogen-bond acceptors (Lipinski definition) is 2. The molecular formula is C14H19NO3. The fraction of sp³-hybridized carbons (Fsp3) is 0.429. The van der Waals surface area contributed by atoms with Gasteiger partial charge in [-0.25, -0.2) is 4.79 Å². The molecule has 1 unspecified atom stereocenters. The van der Waals surface area contributed by atoms with Crippen LogP contribution in [0.25, 0.3) is 0 Å². The van der Waals surface area contributed by atoms with E-state index in [0.717, 1.165) is 19.3 Å². The van der Waals surface area contributed by atoms with Crippen LogP contribution >= 0.6 is 0 Å². The predicted octanol–water partition coefficient (Wildman–Crippen LogP) is 3.15. The molecule has 0 aromatic heterocycles. The molecule has 1 atom stereocenters. The number of hydrogen-bond donors (Lipinski definition) is 2. The number of carbonyl (C=O) groups excluding carboxylic acids is 1. The zero-order chi connectivity index (χ0) is 13.5. The number of aromatic carboxylic acids is 1. The maximum atomic E-state index is 11.8. The summed E-state index contributed by atoms with van der Waals surface area (Å²) in [6.45, 7) is 3.99. The minimum absolute atomic E-state index is 0.0217. The highest BCUT2D eigenvalue weighted by Crippen LogP contribution is 2.13. The van der Waals surface area contributed by atoms with Gasteiger partial charge in [-0.1, -0.05) is 26.7 Å². The molecule has 2 N–H and O–H groups in total. The largest absolute Gasteiger partial charge is 0.478 e. The Hall–Kier alpha value is -1.84. The van der Waals surface area contributed by atoms with E-state index in [2.05, 4.69) is 12.2 Å². The van der Waals surface area contributed by atoms with Gasteiger partial charge in [0.05, 0.1) is 5.56 Å². The molecule has 1 amide bonds. The van der Waals surface area contributed by atoms with E-state index in [1.807, 2.05) is 6.92 Å². The molecule has 4 heteroatoms. The summed E-state index contributed by atoms with van der Waals surface area (Å²) in [6, 6.07) is 6.17. The Balaban J connectivity index is 2.56. The first-order chi connectivity index (χ1) is 8.54. The predicted molar refractivity (Wildman–Crippen MR) is 70.7 cm³/mol. The van der Waals surface area contributed by atoms with Gasteiger partial charge in [-0.05, 0) is 30.7 Å². The Labute approximate surface area is 107 Å². The van der Waals surface area contributed by atoms with Crippen molar-refractivity contribution in [2.24, 2.45) is 5.92 Å². The Kier molecular flexibility index (Phi) is 5.36. The molecule has 0 fully saturated rings. The van der Waals surface area contributed by atoms with Crippen molar-refractivity contribution >= 4 is 17.6 Å². The zero-order valence-corrected chi connectivity index (χ0v) is 10.8. The van der Waals surface area contributed by atoms with Crippen LogP contribution in [0.15, 0.2) is 24.3 Å². The van der Waals surface area contributed by atoms with E-state index in [1.165, 1.54) is 12.1 Å². The summed E-state index contributed by atoms with van der Waals surface area (Å²) in [7, 11) is 0. The van der Waals surface area contributed by atoms with E-state index in [9.17, 15) is 9.59 Å². The van der Waals surface area contributed by atoms with Gasteiger partial charge in [0, 0.05) is 11.6 Å². The van der Waals surface area contributed by atoms with E-state index in [1.54, 1.807) is 12.1 Å². The lowest BCUT2D eigenvalue weighted by Crippen LogP contribution is -2.20. The molecule has 98 valence electrons. The van der Waals surface area contributed by atoms with Gasteiger partial charge >= 0.3 is 5.97 Å². The quantitative estimate of drug-likeness (QED) is 0.813. The highest BCUT2D eigenvalue weighted by atomic mass is 16.4. The summed E-state index contributed by atoms with van der Waals surface area (Å²) in [5, 5.41) is 11.5. The van der Waals surface area contributed by atoms with E-state index in [-0.39, 0.29) is 17.4 Å². The smallest absolute Gasteiger partial charge is 0.335 e. The van der Waals surface area contributed by atoms with Gasteiger partial charge in [-0.3, -0.25) is 4.79 Å². The molecule has 0 aliphatic carbocycles. The van der Waals surface area contributed by atoms with Crippen LogP contribution in [0.1, 0.15) is 43.5 Å². The number of anilines is 1. The molecule has 0 bridgehead atoms. The molecule has 4 nitrogen and oxygen atoms in total. The molecule has 0 saturated carbocycles. The van der Waals surface area contributed by atoms with Crippen LogP contribution in [0.5, 0.6) is 0 Å². The van der Waals surface area contributed by atoms with Crippen LogP contribution in [0.3, 0.4) is 0 Å². The van der Waals surface area contributed by atoms with Crippen molar-refractivity contribution in [3.05, 3.63) is 29.8 Å². The number of benzene rings is 1. The topological polar surface area (TPSA) is 66.4 Å². The Morgan fingerprint density at radius 2 is 1.89 bits per heavy atom. The highest BCUT2D eigenvalue weighted by Gasteiger charge is 2.12. The molecule has 0 aliphatic heterocycles. The van der Waals surface area contributed by atoms with E-state index >= 15 is 0 Å². The van der Waals surface area contributed by atoms with Crippen LogP contribution < -0.4 is 5.32 Å². The molecule has 1 aromatic rings. The number of rotatable bonds is 6. The molecule has 18 heavy (non-hydrogen) atoms. The lowest BCUT2D eigenvalue weighted by molar-refractivity contribution is -0.119. The third-order valence-electron chi connectivity index (χ3n) is 2.84. The third-order valence-corrected chi connectivity index (χ3v) is 2.84. The lowest BCUT2D eigenvalue weighted by Gasteiger charge is -2.11. The Morgan fingerprint density at radius 3 is 2.39 bits per heavy atom. The molecule has 0 heterocycles. The van der Waals surface area contributed by atoms with Crippen LogP contribution in [-0.2, 0) is 4.79 Å². The van der Waals surface area contributed by atoms with Gasteiger partial charge in [0.25, 0.3) is 0 Å². The van der Waals surface area contributed by atoms with Crippen LogP contribution in [0.2, 0.25) is 0 Å². The average Bonchev–Trinajstić information content (AvgIpc) is 2.36. The van der Waals surface area contributed by atoms with Gasteiger partial charge in [0.1, 0.15) is 0 Å². The summed E-state index contributed by atoms with van der Waals surface area (Å²) in [6.07, 6.45) is 2.98. The van der Waals surface area contributed by atoms with Crippen molar-refractivity contribution in [1.82, 2.24) is 0 Å². The second-order valence-electron chi connectivity index (χ2n) is 4.42. The van der Waals surface area contributed by atoms with Gasteiger partial charge < -0.3 is 10.4 Å². The van der Waals surface area contributed by atoms with Gasteiger partial charge in [-0.2, -0.15) is 0 Å². The van der Waals surface area contributed by atoms with Crippen LogP contribution in [0.4, 0.5) is 5.69 Å². The summed E-state index contributed by atoms with van der Waals surface area (Å²) < 4.78 is 0. The van der Waals surface area contributed by atoms with Crippen molar-refractivity contribution in [2.45, 2.75) is 33.1 Å². The third kappa shape index (κ3) is 4.20. The average molecular weight is 249 g/mol. The fourth-order valence-corrected chi connectivity index (χ4v) is 1.60. The molecular weight excluding hydrogens is 230 g/mol. The van der Waals surface area contributed by atoms with Crippen LogP contribution in [-0.4, -0.2) is 17.0 Å². The zero-order valence-electron chi connectivity index (χ0n) is 10.8. The monoisotopic (exact) mass is 249 g/mol. The summed E-state index contributed by atoms with van der Waals surface area (Å²) in [5.41, 5.74) is 0.848. The number of amides is 1. The number of carboxylic acid groups (broad SMARTS) is 1. The number of nitrogens with one attached hydrogen (secondary N) is 1. The SMILES string of the molecule is CCCCC(C)C(=O)Nc1ccc(C(=O)O)cc1. The molecule has 1 aromatic carbocycles. The van der Waals surface area contributed by atoms with Gasteiger partial charge in [0.2, 0.25) is 5.91 Å². The summed E-state index contributed by atoms with van der Waals surface area (Å²) >= 11 is 0. The van der Waals surface area contributed by atoms with Crippen molar-refractivity contribution in [3.8, 4) is 0 Å². The number of unbranched alkanes of at least 4 members (excludes halogenated alkanes) is 1. The first kappa shape index (κ1) is 14.2. The number of carboxylic acids is 1. The second-order valence-corrected chi connectivity index (χ2v) is 4.42. The minimum atomic E-state index is -0.968. The molecule has 1 rings (SSSR count). The van der Waals surface area contributed by atoms with E-state index in [0.29, 0.717) is 5.69 Å². The van der Waals surface area contributed by atoms with Crippen molar-refractivity contribution in [1.29, 1.82) is 0 Å². The molecule has 0 spiro atoms. The van der Waals surface area contributed by atoms with Crippen molar-refractivity contribution in [2.75, 3.05) is 5.32 Å². The molecule has 0 saturated heterocycles. The van der Waals surface area contributed by atoms with E-state index < -0.39 is 5.97 Å². The van der Waals surface area contributed by atoms with Crippen molar-refractivity contribution in [3.63, 3.8) is 0 Å². The molecule has 0 radical (unpaired) electrons. The lowest BCUT2D eigenvalue weighted by atomic mass is 10.0. The molecule has 0 aliphatic rings. The second kappa shape index (κ2) is 6.79. The fourth-order valence-electron chi connectivity index (χ4n) is 1.60. The number of carbonyl (C=O) groups is 2. The Bertz CT molecular complexity index is 412. The van der Waals surface area contributed by atoms with Crippen LogP contribution in [0, 0.1) is 5.92 Å². The van der Waals surface area contributed by atoms with Gasteiger partial charge in [-0.15, -0.1) is 0 Å². The standard InChI is InChI=1S/C14H19NO3/c1-3-4-5-10(2)13(16)15-12-8-6-11(7-9-12)14(17)18/h6-10H,3-5H2,1-2H3,(H,15,16)(H,17,18). The minimum Gasteiger partial charge on any atom is -0.478 e. The highest BCUT2D eigenvalue weighted by molar-refractivity contribution is 5.93. The van der Waals surface area contributed by atoms with Gasteiger partial charge in [0.15, 0.2) is 0 Å².